The summed E-state index contributed by atoms with van der Waals surface area (Å²) < 4.78 is 0. The molecule has 7 heteroatoms. The van der Waals surface area contributed by atoms with E-state index in [1.165, 1.54) is 18.0 Å². The van der Waals surface area contributed by atoms with Crippen molar-refractivity contribution in [2.24, 2.45) is 0 Å². The van der Waals surface area contributed by atoms with Crippen LogP contribution in [0.2, 0.25) is 5.02 Å². The van der Waals surface area contributed by atoms with Crippen LogP contribution in [0.1, 0.15) is 17.4 Å². The van der Waals surface area contributed by atoms with Crippen LogP contribution in [-0.4, -0.2) is 64.7 Å². The Kier molecular flexibility index (Phi) is 5.01. The molecule has 1 amide bonds. The van der Waals surface area contributed by atoms with Gasteiger partial charge >= 0.3 is 0 Å². The summed E-state index contributed by atoms with van der Waals surface area (Å²) in [5.74, 6) is 0.766. The maximum Gasteiger partial charge on any atom is 0.274 e. The highest BCUT2D eigenvalue weighted by Crippen LogP contribution is 2.19. The van der Waals surface area contributed by atoms with E-state index in [0.717, 1.165) is 18.8 Å². The molecule has 0 N–H and O–H groups in total. The number of likely N-dealkylation sites (N-methyl/N-ethyl adjacent to an activating group) is 1. The molecule has 2 rings (SSSR count). The van der Waals surface area contributed by atoms with Gasteiger partial charge in [-0.05, 0) is 12.8 Å². The first kappa shape index (κ1) is 14.6. The first-order chi connectivity index (χ1) is 9.11. The minimum Gasteiger partial charge on any atom is -0.335 e. The highest BCUT2D eigenvalue weighted by atomic mass is 35.5. The van der Waals surface area contributed by atoms with Crippen molar-refractivity contribution in [1.29, 1.82) is 0 Å². The van der Waals surface area contributed by atoms with Crippen molar-refractivity contribution < 1.29 is 4.79 Å². The van der Waals surface area contributed by atoms with Crippen LogP contribution in [0.4, 0.5) is 0 Å². The summed E-state index contributed by atoms with van der Waals surface area (Å²) in [6.07, 6.45) is 1.51. The summed E-state index contributed by atoms with van der Waals surface area (Å²) in [6.45, 7) is 5.21. The number of thioether (sulfide) groups is 1. The SMILES string of the molecule is CCSc1ncc(Cl)c(C(=O)N2CCN(C)CC2)n1. The molecule has 0 saturated carbocycles. The van der Waals surface area contributed by atoms with Crippen molar-refractivity contribution in [2.75, 3.05) is 39.0 Å². The number of hydrogen-bond acceptors (Lipinski definition) is 5. The van der Waals surface area contributed by atoms with Gasteiger partial charge in [0.1, 0.15) is 0 Å². The van der Waals surface area contributed by atoms with Crippen LogP contribution in [0, 0.1) is 0 Å². The molecule has 0 atom stereocenters. The topological polar surface area (TPSA) is 49.3 Å². The number of carbonyl (C=O) groups excluding carboxylic acids is 1. The maximum atomic E-state index is 12.4. The lowest BCUT2D eigenvalue weighted by atomic mass is 10.3. The molecule has 0 bridgehead atoms. The molecule has 1 saturated heterocycles. The molecule has 19 heavy (non-hydrogen) atoms. The van der Waals surface area contributed by atoms with Gasteiger partial charge in [0.05, 0.1) is 11.2 Å². The first-order valence-corrected chi connectivity index (χ1v) is 7.61. The monoisotopic (exact) mass is 300 g/mol. The van der Waals surface area contributed by atoms with Crippen molar-refractivity contribution in [1.82, 2.24) is 19.8 Å². The fourth-order valence-electron chi connectivity index (χ4n) is 1.86. The van der Waals surface area contributed by atoms with Crippen LogP contribution in [0.15, 0.2) is 11.4 Å². The maximum absolute atomic E-state index is 12.4. The zero-order valence-corrected chi connectivity index (χ0v) is 12.7. The highest BCUT2D eigenvalue weighted by Gasteiger charge is 2.23. The van der Waals surface area contributed by atoms with Gasteiger partial charge in [0.25, 0.3) is 5.91 Å². The number of piperazine rings is 1. The summed E-state index contributed by atoms with van der Waals surface area (Å²) in [6, 6.07) is 0. The van der Waals surface area contributed by atoms with Crippen molar-refractivity contribution in [3.63, 3.8) is 0 Å². The van der Waals surface area contributed by atoms with Crippen molar-refractivity contribution in [3.8, 4) is 0 Å². The number of hydrogen-bond donors (Lipinski definition) is 0. The van der Waals surface area contributed by atoms with E-state index in [1.54, 1.807) is 4.90 Å². The fraction of sp³-hybridized carbons (Fsp3) is 0.583. The predicted octanol–water partition coefficient (Wildman–Crippen LogP) is 1.63. The molecular weight excluding hydrogens is 284 g/mol. The Morgan fingerprint density at radius 1 is 1.42 bits per heavy atom. The fourth-order valence-corrected chi connectivity index (χ4v) is 2.57. The molecule has 0 aliphatic carbocycles. The lowest BCUT2D eigenvalue weighted by molar-refractivity contribution is 0.0657. The Labute approximate surface area is 122 Å². The van der Waals surface area contributed by atoms with Crippen LogP contribution >= 0.6 is 23.4 Å². The van der Waals surface area contributed by atoms with E-state index in [9.17, 15) is 4.79 Å². The van der Waals surface area contributed by atoms with E-state index in [0.29, 0.717) is 29.0 Å². The molecular formula is C12H17ClN4OS. The van der Waals surface area contributed by atoms with Gasteiger partial charge in [0.15, 0.2) is 10.9 Å². The largest absolute Gasteiger partial charge is 0.335 e. The molecule has 0 aromatic carbocycles. The smallest absolute Gasteiger partial charge is 0.274 e. The third-order valence-electron chi connectivity index (χ3n) is 2.99. The molecule has 104 valence electrons. The highest BCUT2D eigenvalue weighted by molar-refractivity contribution is 7.99. The second-order valence-electron chi connectivity index (χ2n) is 4.38. The van der Waals surface area contributed by atoms with Gasteiger partial charge < -0.3 is 9.80 Å². The molecule has 0 unspecified atom stereocenters. The minimum atomic E-state index is -0.0987. The van der Waals surface area contributed by atoms with Crippen LogP contribution in [0.25, 0.3) is 0 Å². The van der Waals surface area contributed by atoms with Crippen LogP contribution in [0.3, 0.4) is 0 Å². The molecule has 1 aromatic rings. The van der Waals surface area contributed by atoms with Crippen LogP contribution in [0.5, 0.6) is 0 Å². The number of rotatable bonds is 3. The summed E-state index contributed by atoms with van der Waals surface area (Å²) >= 11 is 7.55. The van der Waals surface area contributed by atoms with Gasteiger partial charge in [0, 0.05) is 26.2 Å². The number of halogens is 1. The first-order valence-electron chi connectivity index (χ1n) is 6.25. The van der Waals surface area contributed by atoms with Crippen molar-refractivity contribution in [2.45, 2.75) is 12.1 Å². The third kappa shape index (κ3) is 3.58. The molecule has 1 fully saturated rings. The van der Waals surface area contributed by atoms with E-state index < -0.39 is 0 Å². The Morgan fingerprint density at radius 2 is 2.11 bits per heavy atom. The summed E-state index contributed by atoms with van der Waals surface area (Å²) in [5.41, 5.74) is 0.317. The zero-order valence-electron chi connectivity index (χ0n) is 11.1. The third-order valence-corrected chi connectivity index (χ3v) is 4.01. The quantitative estimate of drug-likeness (QED) is 0.627. The van der Waals surface area contributed by atoms with E-state index in [1.807, 2.05) is 6.92 Å². The van der Waals surface area contributed by atoms with Gasteiger partial charge in [-0.25, -0.2) is 9.97 Å². The molecule has 1 aliphatic heterocycles. The normalized spacial score (nSPS) is 16.7. The summed E-state index contributed by atoms with van der Waals surface area (Å²) in [7, 11) is 2.05. The number of aromatic nitrogens is 2. The average molecular weight is 301 g/mol. The Bertz CT molecular complexity index is 463. The van der Waals surface area contributed by atoms with E-state index in [4.69, 9.17) is 11.6 Å². The molecule has 1 aromatic heterocycles. The van der Waals surface area contributed by atoms with Gasteiger partial charge in [-0.15, -0.1) is 0 Å². The molecule has 1 aliphatic rings. The van der Waals surface area contributed by atoms with Crippen LogP contribution < -0.4 is 0 Å². The lowest BCUT2D eigenvalue weighted by Gasteiger charge is -2.32. The second-order valence-corrected chi connectivity index (χ2v) is 6.02. The number of nitrogens with zero attached hydrogens (tertiary/aromatic N) is 4. The van der Waals surface area contributed by atoms with Gasteiger partial charge in [-0.2, -0.15) is 0 Å². The number of carbonyl (C=O) groups is 1. The van der Waals surface area contributed by atoms with Gasteiger partial charge in [0.2, 0.25) is 0 Å². The Morgan fingerprint density at radius 3 is 2.74 bits per heavy atom. The van der Waals surface area contributed by atoms with E-state index >= 15 is 0 Å². The average Bonchev–Trinajstić information content (AvgIpc) is 2.41. The van der Waals surface area contributed by atoms with Crippen LogP contribution in [-0.2, 0) is 0 Å². The van der Waals surface area contributed by atoms with E-state index in [2.05, 4.69) is 21.9 Å². The predicted molar refractivity (Wildman–Crippen MR) is 76.8 cm³/mol. The Balaban J connectivity index is 2.15. The van der Waals surface area contributed by atoms with Crippen molar-refractivity contribution >= 4 is 29.3 Å². The summed E-state index contributed by atoms with van der Waals surface area (Å²) in [5, 5.41) is 0.925. The zero-order chi connectivity index (χ0) is 13.8. The molecule has 2 heterocycles. The van der Waals surface area contributed by atoms with Gasteiger partial charge in [-0.3, -0.25) is 4.79 Å². The molecule has 0 radical (unpaired) electrons. The molecule has 5 nitrogen and oxygen atoms in total. The minimum absolute atomic E-state index is 0.0987. The molecule has 0 spiro atoms. The second kappa shape index (κ2) is 6.54. The van der Waals surface area contributed by atoms with Gasteiger partial charge in [-0.1, -0.05) is 30.3 Å². The number of amides is 1. The van der Waals surface area contributed by atoms with E-state index in [-0.39, 0.29) is 5.91 Å². The lowest BCUT2D eigenvalue weighted by Crippen LogP contribution is -2.47. The standard InChI is InChI=1S/C12H17ClN4OS/c1-3-19-12-14-8-9(13)10(15-12)11(18)17-6-4-16(2)5-7-17/h8H,3-7H2,1-2H3. The Hall–Kier alpha value is -0.850. The summed E-state index contributed by atoms with van der Waals surface area (Å²) in [4.78, 5) is 24.8. The van der Waals surface area contributed by atoms with Crippen molar-refractivity contribution in [3.05, 3.63) is 16.9 Å².